The van der Waals surface area contributed by atoms with Crippen LogP contribution in [0.1, 0.15) is 27.3 Å². The molecule has 0 atom stereocenters. The highest BCUT2D eigenvalue weighted by molar-refractivity contribution is 7.17. The van der Waals surface area contributed by atoms with Crippen molar-refractivity contribution >= 4 is 34.0 Å². The van der Waals surface area contributed by atoms with E-state index in [1.54, 1.807) is 6.07 Å². The van der Waals surface area contributed by atoms with E-state index in [0.29, 0.717) is 54.4 Å². The van der Waals surface area contributed by atoms with Crippen LogP contribution in [-0.4, -0.2) is 50.4 Å². The van der Waals surface area contributed by atoms with Crippen molar-refractivity contribution in [3.05, 3.63) is 33.3 Å². The largest absolute Gasteiger partial charge is 0.489 e. The van der Waals surface area contributed by atoms with E-state index in [2.05, 4.69) is 15.2 Å². The Labute approximate surface area is 172 Å². The summed E-state index contributed by atoms with van der Waals surface area (Å²) in [5, 5.41) is 4.31. The summed E-state index contributed by atoms with van der Waals surface area (Å²) in [6.07, 6.45) is 0.813. The first kappa shape index (κ1) is 19.3. The Hall–Kier alpha value is -2.03. The lowest BCUT2D eigenvalue weighted by atomic mass is 10.2. The van der Waals surface area contributed by atoms with Crippen LogP contribution in [0, 0.1) is 6.92 Å². The van der Waals surface area contributed by atoms with Gasteiger partial charge in [0.1, 0.15) is 4.88 Å². The van der Waals surface area contributed by atoms with Crippen molar-refractivity contribution in [3.63, 3.8) is 0 Å². The molecule has 0 saturated carbocycles. The zero-order valence-corrected chi connectivity index (χ0v) is 17.2. The van der Waals surface area contributed by atoms with Crippen LogP contribution < -0.4 is 19.7 Å². The molecule has 0 bridgehead atoms. The van der Waals surface area contributed by atoms with Crippen LogP contribution >= 0.6 is 22.9 Å². The Kier molecular flexibility index (Phi) is 5.89. The third-order valence-corrected chi connectivity index (χ3v) is 6.09. The molecule has 0 unspecified atom stereocenters. The molecule has 150 valence electrons. The zero-order chi connectivity index (χ0) is 19.5. The second-order valence-corrected chi connectivity index (χ2v) is 8.03. The molecule has 3 heterocycles. The van der Waals surface area contributed by atoms with Crippen molar-refractivity contribution in [1.82, 2.24) is 10.3 Å². The number of halogens is 1. The number of nitrogens with one attached hydrogen (secondary N) is 1. The van der Waals surface area contributed by atoms with Crippen molar-refractivity contribution in [2.75, 3.05) is 44.4 Å². The van der Waals surface area contributed by atoms with E-state index in [1.165, 1.54) is 11.3 Å². The molecule has 4 rings (SSSR count). The zero-order valence-electron chi connectivity index (χ0n) is 15.6. The molecule has 1 aromatic carbocycles. The third kappa shape index (κ3) is 4.19. The number of amides is 1. The van der Waals surface area contributed by atoms with Crippen LogP contribution in [0.25, 0.3) is 0 Å². The molecule has 1 saturated heterocycles. The second kappa shape index (κ2) is 8.55. The summed E-state index contributed by atoms with van der Waals surface area (Å²) in [6.45, 7) is 6.34. The number of ether oxygens (including phenoxy) is 3. The number of aryl methyl sites for hydroxylation is 1. The normalized spacial score (nSPS) is 16.6. The number of hydrogen-bond donors (Lipinski definition) is 1. The minimum absolute atomic E-state index is 0.141. The number of carbonyl (C=O) groups is 1. The molecule has 2 aliphatic rings. The third-order valence-electron chi connectivity index (χ3n) is 4.59. The first-order valence-electron chi connectivity index (χ1n) is 9.28. The first-order valence-corrected chi connectivity index (χ1v) is 10.5. The van der Waals surface area contributed by atoms with E-state index in [0.717, 1.165) is 35.9 Å². The van der Waals surface area contributed by atoms with Gasteiger partial charge in [-0.15, -0.1) is 0 Å². The van der Waals surface area contributed by atoms with E-state index in [4.69, 9.17) is 25.8 Å². The second-order valence-electron chi connectivity index (χ2n) is 6.65. The van der Waals surface area contributed by atoms with Gasteiger partial charge in [-0.3, -0.25) is 4.79 Å². The minimum atomic E-state index is -0.141. The Balaban J connectivity index is 1.44. The van der Waals surface area contributed by atoms with Crippen LogP contribution in [0.2, 0.25) is 5.02 Å². The monoisotopic (exact) mass is 423 g/mol. The molecule has 1 amide bonds. The van der Waals surface area contributed by atoms with Gasteiger partial charge in [-0.05, 0) is 24.6 Å². The molecule has 2 aliphatic heterocycles. The smallest absolute Gasteiger partial charge is 0.263 e. The highest BCUT2D eigenvalue weighted by Gasteiger charge is 2.21. The van der Waals surface area contributed by atoms with Gasteiger partial charge >= 0.3 is 0 Å². The molecule has 9 heteroatoms. The quantitative estimate of drug-likeness (QED) is 0.814. The van der Waals surface area contributed by atoms with Gasteiger partial charge in [0.2, 0.25) is 0 Å². The number of thiazole rings is 1. The number of aromatic nitrogens is 1. The van der Waals surface area contributed by atoms with Crippen molar-refractivity contribution in [3.8, 4) is 11.5 Å². The SMILES string of the molecule is Cc1nc(N2CCOCC2)sc1C(=O)NCc1cc(Cl)c2c(c1)OCCCO2. The predicted molar refractivity (Wildman–Crippen MR) is 108 cm³/mol. The number of fused-ring (bicyclic) bond motifs is 1. The number of rotatable bonds is 4. The number of morpholine rings is 1. The Morgan fingerprint density at radius 3 is 2.86 bits per heavy atom. The Morgan fingerprint density at radius 2 is 2.04 bits per heavy atom. The van der Waals surface area contributed by atoms with E-state index in [-0.39, 0.29) is 5.91 Å². The number of anilines is 1. The molecule has 28 heavy (non-hydrogen) atoms. The molecule has 1 fully saturated rings. The maximum Gasteiger partial charge on any atom is 0.263 e. The number of nitrogens with zero attached hydrogens (tertiary/aromatic N) is 2. The van der Waals surface area contributed by atoms with Gasteiger partial charge in [-0.1, -0.05) is 22.9 Å². The van der Waals surface area contributed by atoms with Gasteiger partial charge in [0.15, 0.2) is 16.6 Å². The van der Waals surface area contributed by atoms with E-state index in [1.807, 2.05) is 13.0 Å². The Morgan fingerprint density at radius 1 is 1.25 bits per heavy atom. The lowest BCUT2D eigenvalue weighted by molar-refractivity contribution is 0.0954. The average Bonchev–Trinajstić information content (AvgIpc) is 2.93. The molecule has 0 aliphatic carbocycles. The summed E-state index contributed by atoms with van der Waals surface area (Å²) in [5.74, 6) is 1.05. The van der Waals surface area contributed by atoms with Crippen molar-refractivity contribution < 1.29 is 19.0 Å². The van der Waals surface area contributed by atoms with Crippen LogP contribution in [0.15, 0.2) is 12.1 Å². The summed E-state index contributed by atoms with van der Waals surface area (Å²) in [5.41, 5.74) is 1.60. The van der Waals surface area contributed by atoms with Gasteiger partial charge < -0.3 is 24.4 Å². The fraction of sp³-hybridized carbons (Fsp3) is 0.474. The average molecular weight is 424 g/mol. The summed E-state index contributed by atoms with van der Waals surface area (Å²) >= 11 is 7.74. The number of hydrogen-bond acceptors (Lipinski definition) is 7. The van der Waals surface area contributed by atoms with Gasteiger partial charge in [0, 0.05) is 26.1 Å². The minimum Gasteiger partial charge on any atom is -0.489 e. The van der Waals surface area contributed by atoms with Gasteiger partial charge in [0.25, 0.3) is 5.91 Å². The Bertz CT molecular complexity index is 867. The molecular formula is C19H22ClN3O4S. The number of benzene rings is 1. The maximum absolute atomic E-state index is 12.7. The van der Waals surface area contributed by atoms with Crippen molar-refractivity contribution in [2.24, 2.45) is 0 Å². The predicted octanol–water partition coefficient (Wildman–Crippen LogP) is 3.03. The maximum atomic E-state index is 12.7. The first-order chi connectivity index (χ1) is 13.6. The molecule has 7 nitrogen and oxygen atoms in total. The van der Waals surface area contributed by atoms with Crippen LogP contribution in [0.3, 0.4) is 0 Å². The topological polar surface area (TPSA) is 72.9 Å². The number of carbonyl (C=O) groups excluding carboxylic acids is 1. The molecule has 2 aromatic rings. The highest BCUT2D eigenvalue weighted by Crippen LogP contribution is 2.38. The lowest BCUT2D eigenvalue weighted by Crippen LogP contribution is -2.36. The summed E-state index contributed by atoms with van der Waals surface area (Å²) in [4.78, 5) is 20.0. The van der Waals surface area contributed by atoms with E-state index >= 15 is 0 Å². The summed E-state index contributed by atoms with van der Waals surface area (Å²) in [7, 11) is 0. The fourth-order valence-electron chi connectivity index (χ4n) is 3.13. The van der Waals surface area contributed by atoms with Crippen molar-refractivity contribution in [1.29, 1.82) is 0 Å². The van der Waals surface area contributed by atoms with Crippen molar-refractivity contribution in [2.45, 2.75) is 19.9 Å². The molecule has 0 radical (unpaired) electrons. The molecule has 1 N–H and O–H groups in total. The van der Waals surface area contributed by atoms with Crippen LogP contribution in [0.5, 0.6) is 11.5 Å². The van der Waals surface area contributed by atoms with E-state index < -0.39 is 0 Å². The van der Waals surface area contributed by atoms with Gasteiger partial charge in [-0.25, -0.2) is 4.98 Å². The molecule has 0 spiro atoms. The highest BCUT2D eigenvalue weighted by atomic mass is 35.5. The van der Waals surface area contributed by atoms with Gasteiger partial charge in [0.05, 0.1) is 37.1 Å². The summed E-state index contributed by atoms with van der Waals surface area (Å²) < 4.78 is 16.7. The van der Waals surface area contributed by atoms with Gasteiger partial charge in [-0.2, -0.15) is 0 Å². The molecular weight excluding hydrogens is 402 g/mol. The van der Waals surface area contributed by atoms with E-state index in [9.17, 15) is 4.79 Å². The van der Waals surface area contributed by atoms with Crippen LogP contribution in [-0.2, 0) is 11.3 Å². The van der Waals surface area contributed by atoms with Crippen LogP contribution in [0.4, 0.5) is 5.13 Å². The lowest BCUT2D eigenvalue weighted by Gasteiger charge is -2.25. The summed E-state index contributed by atoms with van der Waals surface area (Å²) in [6, 6.07) is 3.67. The molecule has 1 aromatic heterocycles. The standard InChI is InChI=1S/C19H22ClN3O4S/c1-12-17(28-19(22-12)23-3-7-25-8-4-23)18(24)21-11-13-9-14(20)16-15(10-13)26-5-2-6-27-16/h9-10H,2-8,11H2,1H3,(H,21,24). The fourth-order valence-corrected chi connectivity index (χ4v) is 4.45.